The Kier molecular flexibility index (Phi) is 6.66. The first-order valence-electron chi connectivity index (χ1n) is 10.7. The number of piperazine rings is 1. The van der Waals surface area contributed by atoms with Gasteiger partial charge >= 0.3 is 5.97 Å². The van der Waals surface area contributed by atoms with Gasteiger partial charge in [-0.15, -0.1) is 0 Å². The fraction of sp³-hybridized carbons (Fsp3) is 0.435. The Balaban J connectivity index is 1.66. The summed E-state index contributed by atoms with van der Waals surface area (Å²) >= 11 is 1.41. The van der Waals surface area contributed by atoms with Gasteiger partial charge in [0.15, 0.2) is 5.17 Å². The standard InChI is InChI=1S/C23H27FN4O3S/c1-4-31-22(30)20-15(2)25-23-28(21(20)16-6-5-7-17(24)12-16)18(14-32-23)13-19(29)27-10-8-26(3)9-11-27/h5-7,12,14,21H,4,8-11,13H2,1-3H3. The Hall–Kier alpha value is -2.65. The molecule has 0 N–H and O–H groups in total. The fourth-order valence-corrected chi connectivity index (χ4v) is 5.12. The van der Waals surface area contributed by atoms with E-state index >= 15 is 0 Å². The van der Waals surface area contributed by atoms with Gasteiger partial charge in [-0.2, -0.15) is 0 Å². The highest BCUT2D eigenvalue weighted by atomic mass is 32.2. The largest absolute Gasteiger partial charge is 0.463 e. The van der Waals surface area contributed by atoms with Crippen LogP contribution in [0.2, 0.25) is 0 Å². The molecule has 1 aromatic rings. The third-order valence-corrected chi connectivity index (χ3v) is 6.74. The Morgan fingerprint density at radius 1 is 1.25 bits per heavy atom. The van der Waals surface area contributed by atoms with Gasteiger partial charge in [-0.3, -0.25) is 4.79 Å². The zero-order valence-electron chi connectivity index (χ0n) is 18.5. The van der Waals surface area contributed by atoms with E-state index < -0.39 is 17.8 Å². The number of carbonyl (C=O) groups is 2. The molecule has 3 heterocycles. The summed E-state index contributed by atoms with van der Waals surface area (Å²) in [5, 5.41) is 2.58. The minimum atomic E-state index is -0.612. The molecule has 1 atom stereocenters. The van der Waals surface area contributed by atoms with Crippen molar-refractivity contribution < 1.29 is 18.7 Å². The fourth-order valence-electron chi connectivity index (χ4n) is 4.15. The van der Waals surface area contributed by atoms with Crippen molar-refractivity contribution in [2.24, 2.45) is 4.99 Å². The molecular formula is C23H27FN4O3S. The number of halogens is 1. The summed E-state index contributed by atoms with van der Waals surface area (Å²) in [6, 6.07) is 5.58. The molecule has 32 heavy (non-hydrogen) atoms. The van der Waals surface area contributed by atoms with E-state index in [1.54, 1.807) is 26.0 Å². The number of amidine groups is 1. The van der Waals surface area contributed by atoms with E-state index in [1.807, 2.05) is 22.3 Å². The normalized spacial score (nSPS) is 21.3. The molecule has 1 fully saturated rings. The molecule has 0 bridgehead atoms. The lowest BCUT2D eigenvalue weighted by Crippen LogP contribution is -2.47. The van der Waals surface area contributed by atoms with Gasteiger partial charge in [0.05, 0.1) is 30.3 Å². The monoisotopic (exact) mass is 458 g/mol. The number of rotatable bonds is 5. The maximum Gasteiger partial charge on any atom is 0.338 e. The highest BCUT2D eigenvalue weighted by molar-refractivity contribution is 8.16. The van der Waals surface area contributed by atoms with E-state index in [1.165, 1.54) is 23.9 Å². The van der Waals surface area contributed by atoms with E-state index in [4.69, 9.17) is 4.74 Å². The van der Waals surface area contributed by atoms with E-state index in [0.717, 1.165) is 18.8 Å². The van der Waals surface area contributed by atoms with Crippen molar-refractivity contribution in [2.45, 2.75) is 26.3 Å². The number of thioether (sulfide) groups is 1. The van der Waals surface area contributed by atoms with Crippen LogP contribution < -0.4 is 0 Å². The molecular weight excluding hydrogens is 431 g/mol. The zero-order chi connectivity index (χ0) is 22.8. The summed E-state index contributed by atoms with van der Waals surface area (Å²) in [4.78, 5) is 36.5. The number of amides is 1. The summed E-state index contributed by atoms with van der Waals surface area (Å²) in [5.41, 5.74) is 2.26. The third kappa shape index (κ3) is 4.45. The molecule has 0 aromatic heterocycles. The Labute approximate surface area is 191 Å². The van der Waals surface area contributed by atoms with Gasteiger partial charge < -0.3 is 19.4 Å². The van der Waals surface area contributed by atoms with E-state index in [-0.39, 0.29) is 18.9 Å². The number of fused-ring (bicyclic) bond motifs is 1. The van der Waals surface area contributed by atoms with Gasteiger partial charge in [0.2, 0.25) is 5.91 Å². The van der Waals surface area contributed by atoms with E-state index in [0.29, 0.717) is 35.1 Å². The average Bonchev–Trinajstić information content (AvgIpc) is 3.15. The first-order valence-corrected chi connectivity index (χ1v) is 11.6. The molecule has 9 heteroatoms. The van der Waals surface area contributed by atoms with E-state index in [2.05, 4.69) is 9.89 Å². The van der Waals surface area contributed by atoms with Gasteiger partial charge in [0.1, 0.15) is 5.82 Å². The van der Waals surface area contributed by atoms with Crippen LogP contribution in [0.3, 0.4) is 0 Å². The zero-order valence-corrected chi connectivity index (χ0v) is 19.3. The van der Waals surface area contributed by atoms with Crippen LogP contribution in [0.15, 0.2) is 51.6 Å². The Morgan fingerprint density at radius 3 is 2.69 bits per heavy atom. The van der Waals surface area contributed by atoms with Crippen LogP contribution in [0.4, 0.5) is 4.39 Å². The topological polar surface area (TPSA) is 65.5 Å². The smallest absolute Gasteiger partial charge is 0.338 e. The highest BCUT2D eigenvalue weighted by Gasteiger charge is 2.41. The van der Waals surface area contributed by atoms with Gasteiger partial charge in [0, 0.05) is 31.9 Å². The van der Waals surface area contributed by atoms with Crippen LogP contribution in [0.1, 0.15) is 31.9 Å². The second kappa shape index (κ2) is 9.46. The molecule has 0 saturated carbocycles. The van der Waals surface area contributed by atoms with Crippen molar-refractivity contribution in [3.63, 3.8) is 0 Å². The number of carbonyl (C=O) groups excluding carboxylic acids is 2. The van der Waals surface area contributed by atoms with Crippen molar-refractivity contribution in [2.75, 3.05) is 39.8 Å². The SMILES string of the molecule is CCOC(=O)C1=C(C)N=C2SC=C(CC(=O)N3CCN(C)CC3)N2C1c1cccc(F)c1. The highest BCUT2D eigenvalue weighted by Crippen LogP contribution is 2.45. The number of hydrogen-bond acceptors (Lipinski definition) is 7. The molecule has 0 radical (unpaired) electrons. The van der Waals surface area contributed by atoms with Crippen molar-refractivity contribution in [1.82, 2.24) is 14.7 Å². The number of esters is 1. The molecule has 1 aromatic carbocycles. The van der Waals surface area contributed by atoms with Crippen LogP contribution in [-0.4, -0.2) is 71.6 Å². The number of likely N-dealkylation sites (N-methyl/N-ethyl adjacent to an activating group) is 1. The lowest BCUT2D eigenvalue weighted by molar-refractivity contribution is -0.139. The lowest BCUT2D eigenvalue weighted by Gasteiger charge is -2.37. The van der Waals surface area contributed by atoms with Crippen LogP contribution >= 0.6 is 11.8 Å². The van der Waals surface area contributed by atoms with Crippen LogP contribution in [-0.2, 0) is 14.3 Å². The van der Waals surface area contributed by atoms with Crippen molar-refractivity contribution in [3.05, 3.63) is 58.0 Å². The predicted molar refractivity (Wildman–Crippen MR) is 122 cm³/mol. The number of aliphatic imine (C=N–C) groups is 1. The second-order valence-corrected chi connectivity index (χ2v) is 8.87. The molecule has 1 unspecified atom stereocenters. The summed E-state index contributed by atoms with van der Waals surface area (Å²) < 4.78 is 19.5. The molecule has 0 aliphatic carbocycles. The van der Waals surface area contributed by atoms with Crippen molar-refractivity contribution in [3.8, 4) is 0 Å². The lowest BCUT2D eigenvalue weighted by atomic mass is 9.93. The first kappa shape index (κ1) is 22.5. The van der Waals surface area contributed by atoms with Crippen molar-refractivity contribution in [1.29, 1.82) is 0 Å². The average molecular weight is 459 g/mol. The van der Waals surface area contributed by atoms with Crippen molar-refractivity contribution >= 4 is 28.8 Å². The molecule has 3 aliphatic rings. The maximum atomic E-state index is 14.2. The van der Waals surface area contributed by atoms with Gasteiger partial charge in [-0.1, -0.05) is 23.9 Å². The molecule has 4 rings (SSSR count). The van der Waals surface area contributed by atoms with Crippen LogP contribution in [0.5, 0.6) is 0 Å². The molecule has 1 saturated heterocycles. The maximum absolute atomic E-state index is 14.2. The quantitative estimate of drug-likeness (QED) is 0.632. The number of hydrogen-bond donors (Lipinski definition) is 0. The summed E-state index contributed by atoms with van der Waals surface area (Å²) in [5.74, 6) is -0.838. The summed E-state index contributed by atoms with van der Waals surface area (Å²) in [6.45, 7) is 6.80. The van der Waals surface area contributed by atoms with Crippen LogP contribution in [0, 0.1) is 5.82 Å². The molecule has 7 nitrogen and oxygen atoms in total. The minimum absolute atomic E-state index is 0.0353. The van der Waals surface area contributed by atoms with E-state index in [9.17, 15) is 14.0 Å². The third-order valence-electron chi connectivity index (χ3n) is 5.85. The van der Waals surface area contributed by atoms with Crippen LogP contribution in [0.25, 0.3) is 0 Å². The molecule has 0 spiro atoms. The number of ether oxygens (including phenoxy) is 1. The number of benzene rings is 1. The van der Waals surface area contributed by atoms with Gasteiger partial charge in [-0.05, 0) is 44.0 Å². The molecule has 3 aliphatic heterocycles. The number of allylic oxidation sites excluding steroid dienone is 1. The second-order valence-electron chi connectivity index (χ2n) is 8.03. The Morgan fingerprint density at radius 2 is 2.00 bits per heavy atom. The Bertz CT molecular complexity index is 1010. The number of nitrogens with zero attached hydrogens (tertiary/aromatic N) is 4. The van der Waals surface area contributed by atoms with Gasteiger partial charge in [0.25, 0.3) is 0 Å². The molecule has 170 valence electrons. The predicted octanol–water partition coefficient (Wildman–Crippen LogP) is 3.13. The minimum Gasteiger partial charge on any atom is -0.463 e. The summed E-state index contributed by atoms with van der Waals surface area (Å²) in [6.07, 6.45) is 0.191. The summed E-state index contributed by atoms with van der Waals surface area (Å²) in [7, 11) is 2.05. The first-order chi connectivity index (χ1) is 15.4. The van der Waals surface area contributed by atoms with Gasteiger partial charge in [-0.25, -0.2) is 14.2 Å². The molecule has 1 amide bonds.